The molecule has 0 saturated carbocycles. The summed E-state index contributed by atoms with van der Waals surface area (Å²) >= 11 is 0. The molecular formula is C14H13N3O7. The number of carbonyl (C=O) groups is 1. The Morgan fingerprint density at radius 2 is 1.79 bits per heavy atom. The minimum absolute atomic E-state index is 0.0925. The average molecular weight is 335 g/mol. The van der Waals surface area contributed by atoms with Crippen LogP contribution in [0.3, 0.4) is 0 Å². The minimum atomic E-state index is -2.90. The fraction of sp³-hybridized carbons (Fsp3) is 0.214. The maximum absolute atomic E-state index is 12.5. The molecule has 0 amide bonds. The zero-order valence-electron chi connectivity index (χ0n) is 12.1. The van der Waals surface area contributed by atoms with Gasteiger partial charge in [-0.3, -0.25) is 25.0 Å². The van der Waals surface area contributed by atoms with E-state index in [1.54, 1.807) is 6.07 Å². The second-order valence-electron chi connectivity index (χ2n) is 5.10. The van der Waals surface area contributed by atoms with Crippen molar-refractivity contribution < 1.29 is 24.9 Å². The van der Waals surface area contributed by atoms with Gasteiger partial charge in [0.1, 0.15) is 6.10 Å². The Hall–Kier alpha value is -2.95. The molecule has 0 fully saturated rings. The molecule has 1 aliphatic carbocycles. The standard InChI is InChI=1S/C14H13N3O7/c15-10-6-9(16(21)22)7-11(17(23)24)14(10,20)13(19)12(18)8-4-2-1-3-5-8/h1-7,10,12,18,20H,15H2. The molecule has 0 bridgehead atoms. The topological polar surface area (TPSA) is 170 Å². The molecular weight excluding hydrogens is 322 g/mol. The Morgan fingerprint density at radius 1 is 1.21 bits per heavy atom. The molecule has 3 unspecified atom stereocenters. The summed E-state index contributed by atoms with van der Waals surface area (Å²) in [5.41, 5.74) is 0.882. The Morgan fingerprint density at radius 3 is 2.29 bits per heavy atom. The highest BCUT2D eigenvalue weighted by Crippen LogP contribution is 2.33. The number of aliphatic hydroxyl groups excluding tert-OH is 1. The van der Waals surface area contributed by atoms with Gasteiger partial charge in [0.2, 0.25) is 11.4 Å². The lowest BCUT2D eigenvalue weighted by atomic mass is 9.79. The van der Waals surface area contributed by atoms with E-state index in [0.717, 1.165) is 6.08 Å². The number of carbonyl (C=O) groups excluding carboxylic acids is 1. The van der Waals surface area contributed by atoms with Crippen LogP contribution in [-0.4, -0.2) is 37.5 Å². The lowest BCUT2D eigenvalue weighted by Crippen LogP contribution is -2.59. The van der Waals surface area contributed by atoms with Crippen molar-refractivity contribution in [2.75, 3.05) is 0 Å². The second kappa shape index (κ2) is 6.28. The van der Waals surface area contributed by atoms with Crippen molar-refractivity contribution in [2.24, 2.45) is 5.73 Å². The van der Waals surface area contributed by atoms with E-state index in [-0.39, 0.29) is 5.56 Å². The van der Waals surface area contributed by atoms with Crippen molar-refractivity contribution in [1.82, 2.24) is 0 Å². The Kier molecular flexibility index (Phi) is 4.55. The summed E-state index contributed by atoms with van der Waals surface area (Å²) < 4.78 is 0. The van der Waals surface area contributed by atoms with Crippen LogP contribution >= 0.6 is 0 Å². The van der Waals surface area contributed by atoms with Crippen LogP contribution in [-0.2, 0) is 4.79 Å². The maximum atomic E-state index is 12.5. The van der Waals surface area contributed by atoms with Gasteiger partial charge in [0, 0.05) is 6.08 Å². The molecule has 0 spiro atoms. The summed E-state index contributed by atoms with van der Waals surface area (Å²) in [5.74, 6) is -1.34. The van der Waals surface area contributed by atoms with Crippen LogP contribution in [0.2, 0.25) is 0 Å². The van der Waals surface area contributed by atoms with Gasteiger partial charge in [0.25, 0.3) is 11.4 Å². The predicted octanol–water partition coefficient (Wildman–Crippen LogP) is -0.318. The number of Topliss-reactive ketones (excluding diaryl/α,β-unsaturated/α-hetero) is 1. The van der Waals surface area contributed by atoms with E-state index in [4.69, 9.17) is 5.73 Å². The van der Waals surface area contributed by atoms with Gasteiger partial charge in [-0.05, 0) is 5.56 Å². The van der Waals surface area contributed by atoms with Gasteiger partial charge in [-0.2, -0.15) is 0 Å². The third-order valence-corrected chi connectivity index (χ3v) is 3.65. The summed E-state index contributed by atoms with van der Waals surface area (Å²) in [5, 5.41) is 42.7. The predicted molar refractivity (Wildman–Crippen MR) is 79.5 cm³/mol. The van der Waals surface area contributed by atoms with Crippen LogP contribution in [0.4, 0.5) is 0 Å². The van der Waals surface area contributed by atoms with Gasteiger partial charge in [-0.1, -0.05) is 30.3 Å². The Labute approximate surface area is 134 Å². The van der Waals surface area contributed by atoms with Crippen molar-refractivity contribution in [1.29, 1.82) is 0 Å². The minimum Gasteiger partial charge on any atom is -0.380 e. The van der Waals surface area contributed by atoms with Gasteiger partial charge in [-0.15, -0.1) is 0 Å². The smallest absolute Gasteiger partial charge is 0.294 e. The number of hydrogen-bond donors (Lipinski definition) is 3. The van der Waals surface area contributed by atoms with E-state index in [0.29, 0.717) is 6.08 Å². The van der Waals surface area contributed by atoms with Crippen molar-refractivity contribution >= 4 is 5.78 Å². The monoisotopic (exact) mass is 335 g/mol. The van der Waals surface area contributed by atoms with Gasteiger partial charge in [0.15, 0.2) is 0 Å². The molecule has 0 heterocycles. The summed E-state index contributed by atoms with van der Waals surface area (Å²) in [7, 11) is 0. The van der Waals surface area contributed by atoms with E-state index in [1.165, 1.54) is 24.3 Å². The zero-order valence-corrected chi connectivity index (χ0v) is 12.1. The molecule has 126 valence electrons. The van der Waals surface area contributed by atoms with Crippen molar-refractivity contribution in [3.8, 4) is 0 Å². The highest BCUT2D eigenvalue weighted by molar-refractivity contribution is 5.95. The van der Waals surface area contributed by atoms with Gasteiger partial charge in [0.05, 0.1) is 22.0 Å². The molecule has 2 rings (SSSR count). The Bertz CT molecular complexity index is 759. The van der Waals surface area contributed by atoms with Crippen LogP contribution in [0.15, 0.2) is 53.9 Å². The van der Waals surface area contributed by atoms with E-state index in [1.807, 2.05) is 0 Å². The van der Waals surface area contributed by atoms with Crippen molar-refractivity contribution in [2.45, 2.75) is 17.7 Å². The third-order valence-electron chi connectivity index (χ3n) is 3.65. The first-order valence-electron chi connectivity index (χ1n) is 6.67. The molecule has 10 nitrogen and oxygen atoms in total. The highest BCUT2D eigenvalue weighted by Gasteiger charge is 2.57. The Balaban J connectivity index is 2.50. The van der Waals surface area contributed by atoms with Gasteiger partial charge < -0.3 is 15.9 Å². The normalized spacial score (nSPS) is 24.5. The number of allylic oxidation sites excluding steroid dienone is 1. The average Bonchev–Trinajstić information content (AvgIpc) is 2.56. The molecule has 0 aromatic heterocycles. The third kappa shape index (κ3) is 2.80. The van der Waals surface area contributed by atoms with E-state index in [2.05, 4.69) is 0 Å². The van der Waals surface area contributed by atoms with Gasteiger partial charge >= 0.3 is 0 Å². The van der Waals surface area contributed by atoms with E-state index >= 15 is 0 Å². The molecule has 0 radical (unpaired) electrons. The highest BCUT2D eigenvalue weighted by atomic mass is 16.6. The van der Waals surface area contributed by atoms with Crippen molar-refractivity contribution in [3.63, 3.8) is 0 Å². The lowest BCUT2D eigenvalue weighted by molar-refractivity contribution is -0.449. The number of benzene rings is 1. The van der Waals surface area contributed by atoms with E-state index < -0.39 is 44.8 Å². The maximum Gasteiger partial charge on any atom is 0.294 e. The number of rotatable bonds is 5. The van der Waals surface area contributed by atoms with E-state index in [9.17, 15) is 35.2 Å². The molecule has 24 heavy (non-hydrogen) atoms. The molecule has 3 atom stereocenters. The van der Waals surface area contributed by atoms with Crippen LogP contribution in [0.5, 0.6) is 0 Å². The first kappa shape index (κ1) is 17.4. The number of ketones is 1. The van der Waals surface area contributed by atoms with Crippen LogP contribution in [0.25, 0.3) is 0 Å². The number of nitrogens with two attached hydrogens (primary N) is 1. The molecule has 4 N–H and O–H groups in total. The first-order valence-corrected chi connectivity index (χ1v) is 6.67. The van der Waals surface area contributed by atoms with Crippen LogP contribution < -0.4 is 5.73 Å². The lowest BCUT2D eigenvalue weighted by Gasteiger charge is -2.31. The fourth-order valence-electron chi connectivity index (χ4n) is 2.36. The zero-order chi connectivity index (χ0) is 18.1. The van der Waals surface area contributed by atoms with Crippen LogP contribution in [0.1, 0.15) is 11.7 Å². The number of aliphatic hydroxyl groups is 2. The molecule has 1 aromatic carbocycles. The largest absolute Gasteiger partial charge is 0.380 e. The second-order valence-corrected chi connectivity index (χ2v) is 5.10. The summed E-state index contributed by atoms with van der Waals surface area (Å²) in [6.07, 6.45) is -0.710. The molecule has 0 aliphatic heterocycles. The summed E-state index contributed by atoms with van der Waals surface area (Å²) in [6, 6.07) is 5.66. The molecule has 10 heteroatoms. The fourth-order valence-corrected chi connectivity index (χ4v) is 2.36. The number of nitro groups is 2. The molecule has 0 saturated heterocycles. The SMILES string of the molecule is NC1C=C([N+](=O)[O-])C=C([N+](=O)[O-])C1(O)C(=O)C(O)c1ccccc1. The first-order chi connectivity index (χ1) is 11.2. The van der Waals surface area contributed by atoms with Crippen LogP contribution in [0, 0.1) is 20.2 Å². The number of nitrogens with zero attached hydrogens (tertiary/aromatic N) is 2. The summed E-state index contributed by atoms with van der Waals surface area (Å²) in [4.78, 5) is 32.4. The summed E-state index contributed by atoms with van der Waals surface area (Å²) in [6.45, 7) is 0. The molecule has 1 aromatic rings. The quantitative estimate of drug-likeness (QED) is 0.485. The van der Waals surface area contributed by atoms with Gasteiger partial charge in [-0.25, -0.2) is 0 Å². The molecule has 1 aliphatic rings. The number of hydrogen-bond acceptors (Lipinski definition) is 8. The van der Waals surface area contributed by atoms with Crippen molar-refractivity contribution in [3.05, 3.63) is 79.7 Å².